The van der Waals surface area contributed by atoms with Crippen LogP contribution in [0.5, 0.6) is 0 Å². The van der Waals surface area contributed by atoms with E-state index in [1.807, 2.05) is 24.3 Å². The van der Waals surface area contributed by atoms with Gasteiger partial charge in [0.25, 0.3) is 0 Å². The summed E-state index contributed by atoms with van der Waals surface area (Å²) in [6, 6.07) is 7.92. The lowest BCUT2D eigenvalue weighted by molar-refractivity contribution is 0.151. The monoisotopic (exact) mass is 160 g/mol. The van der Waals surface area contributed by atoms with Gasteiger partial charge in [-0.15, -0.1) is 0 Å². The Morgan fingerprint density at radius 2 is 1.83 bits per heavy atom. The van der Waals surface area contributed by atoms with E-state index in [2.05, 4.69) is 6.58 Å². The molecule has 0 amide bonds. The summed E-state index contributed by atoms with van der Waals surface area (Å²) >= 11 is 0. The van der Waals surface area contributed by atoms with Gasteiger partial charge in [0.05, 0.1) is 5.60 Å². The zero-order valence-corrected chi connectivity index (χ0v) is 6.96. The highest BCUT2D eigenvalue weighted by Crippen LogP contribution is 2.45. The average molecular weight is 160 g/mol. The molecule has 0 spiro atoms. The fourth-order valence-corrected chi connectivity index (χ4v) is 1.34. The first kappa shape index (κ1) is 7.56. The first-order valence-corrected chi connectivity index (χ1v) is 4.20. The Kier molecular flexibility index (Phi) is 1.55. The van der Waals surface area contributed by atoms with Crippen molar-refractivity contribution in [3.63, 3.8) is 0 Å². The van der Waals surface area contributed by atoms with E-state index in [9.17, 15) is 5.11 Å². The molecule has 12 heavy (non-hydrogen) atoms. The number of hydrogen-bond acceptors (Lipinski definition) is 1. The molecule has 0 aromatic heterocycles. The van der Waals surface area contributed by atoms with Gasteiger partial charge >= 0.3 is 0 Å². The molecule has 1 saturated carbocycles. The second kappa shape index (κ2) is 2.46. The van der Waals surface area contributed by atoms with Gasteiger partial charge in [-0.2, -0.15) is 0 Å². The van der Waals surface area contributed by atoms with Crippen LogP contribution in [0.1, 0.15) is 24.0 Å². The Balaban J connectivity index is 2.30. The molecule has 62 valence electrons. The van der Waals surface area contributed by atoms with E-state index >= 15 is 0 Å². The Hall–Kier alpha value is -1.08. The van der Waals surface area contributed by atoms with Gasteiger partial charge in [0.15, 0.2) is 0 Å². The lowest BCUT2D eigenvalue weighted by Crippen LogP contribution is -2.03. The molecule has 0 bridgehead atoms. The Morgan fingerprint density at radius 1 is 1.25 bits per heavy atom. The normalized spacial score (nSPS) is 18.8. The Morgan fingerprint density at radius 3 is 2.25 bits per heavy atom. The molecule has 0 atom stereocenters. The molecule has 1 aromatic rings. The zero-order valence-electron chi connectivity index (χ0n) is 6.96. The molecule has 1 N–H and O–H groups in total. The highest BCUT2D eigenvalue weighted by Gasteiger charge is 2.41. The van der Waals surface area contributed by atoms with E-state index in [-0.39, 0.29) is 0 Å². The quantitative estimate of drug-likeness (QED) is 0.703. The average Bonchev–Trinajstić information content (AvgIpc) is 2.85. The Bertz CT molecular complexity index is 293. The molecule has 0 aliphatic heterocycles. The van der Waals surface area contributed by atoms with E-state index < -0.39 is 5.60 Å². The fourth-order valence-electron chi connectivity index (χ4n) is 1.34. The van der Waals surface area contributed by atoms with Gasteiger partial charge in [-0.05, 0) is 24.0 Å². The van der Waals surface area contributed by atoms with Gasteiger partial charge in [0.2, 0.25) is 0 Å². The van der Waals surface area contributed by atoms with Crippen LogP contribution < -0.4 is 0 Å². The van der Waals surface area contributed by atoms with Crippen molar-refractivity contribution in [3.05, 3.63) is 42.0 Å². The minimum absolute atomic E-state index is 0.500. The maximum Gasteiger partial charge on any atom is 0.0899 e. The smallest absolute Gasteiger partial charge is 0.0899 e. The molecule has 0 heterocycles. The standard InChI is InChI=1S/C11H12O/c1-2-9-3-5-10(6-4-9)11(12)7-8-11/h2-6,12H,1,7-8H2. The van der Waals surface area contributed by atoms with Crippen LogP contribution in [0.15, 0.2) is 30.8 Å². The van der Waals surface area contributed by atoms with E-state index in [0.717, 1.165) is 24.0 Å². The van der Waals surface area contributed by atoms with E-state index in [4.69, 9.17) is 0 Å². The third-order valence-corrected chi connectivity index (χ3v) is 2.41. The molecule has 1 aliphatic rings. The largest absolute Gasteiger partial charge is 0.385 e. The third kappa shape index (κ3) is 1.16. The molecule has 0 unspecified atom stereocenters. The highest BCUT2D eigenvalue weighted by molar-refractivity contribution is 5.48. The molecule has 1 aliphatic carbocycles. The Labute approximate surface area is 72.4 Å². The van der Waals surface area contributed by atoms with Gasteiger partial charge in [-0.25, -0.2) is 0 Å². The predicted octanol–water partition coefficient (Wildman–Crippen LogP) is 2.31. The van der Waals surface area contributed by atoms with Crippen LogP contribution in [0.4, 0.5) is 0 Å². The molecular formula is C11H12O. The second-order valence-corrected chi connectivity index (χ2v) is 3.36. The number of benzene rings is 1. The van der Waals surface area contributed by atoms with Crippen LogP contribution in [0, 0.1) is 0 Å². The SMILES string of the molecule is C=Cc1ccc(C2(O)CC2)cc1. The van der Waals surface area contributed by atoms with Crippen molar-refractivity contribution in [2.24, 2.45) is 0 Å². The van der Waals surface area contributed by atoms with Crippen molar-refractivity contribution in [1.82, 2.24) is 0 Å². The summed E-state index contributed by atoms with van der Waals surface area (Å²) < 4.78 is 0. The maximum atomic E-state index is 9.74. The van der Waals surface area contributed by atoms with Crippen LogP contribution in [-0.4, -0.2) is 5.11 Å². The van der Waals surface area contributed by atoms with Crippen molar-refractivity contribution in [3.8, 4) is 0 Å². The van der Waals surface area contributed by atoms with Gasteiger partial charge in [-0.1, -0.05) is 36.9 Å². The lowest BCUT2D eigenvalue weighted by Gasteiger charge is -2.07. The third-order valence-electron chi connectivity index (χ3n) is 2.41. The van der Waals surface area contributed by atoms with E-state index in [0.29, 0.717) is 0 Å². The van der Waals surface area contributed by atoms with Crippen LogP contribution >= 0.6 is 0 Å². The maximum absolute atomic E-state index is 9.74. The van der Waals surface area contributed by atoms with Gasteiger partial charge < -0.3 is 5.11 Å². The minimum atomic E-state index is -0.500. The second-order valence-electron chi connectivity index (χ2n) is 3.36. The molecule has 1 heteroatoms. The lowest BCUT2D eigenvalue weighted by atomic mass is 10.1. The number of hydrogen-bond donors (Lipinski definition) is 1. The van der Waals surface area contributed by atoms with Crippen molar-refractivity contribution < 1.29 is 5.11 Å². The highest BCUT2D eigenvalue weighted by atomic mass is 16.3. The van der Waals surface area contributed by atoms with Crippen molar-refractivity contribution in [2.75, 3.05) is 0 Å². The number of aliphatic hydroxyl groups is 1. The van der Waals surface area contributed by atoms with Crippen LogP contribution in [0.25, 0.3) is 6.08 Å². The summed E-state index contributed by atoms with van der Waals surface area (Å²) in [4.78, 5) is 0. The summed E-state index contributed by atoms with van der Waals surface area (Å²) in [5, 5.41) is 9.74. The summed E-state index contributed by atoms with van der Waals surface area (Å²) in [5.41, 5.74) is 1.63. The topological polar surface area (TPSA) is 20.2 Å². The van der Waals surface area contributed by atoms with Crippen molar-refractivity contribution in [2.45, 2.75) is 18.4 Å². The van der Waals surface area contributed by atoms with Crippen molar-refractivity contribution in [1.29, 1.82) is 0 Å². The van der Waals surface area contributed by atoms with Crippen LogP contribution in [0.2, 0.25) is 0 Å². The molecule has 0 radical (unpaired) electrons. The summed E-state index contributed by atoms with van der Waals surface area (Å²) in [6.45, 7) is 3.68. The van der Waals surface area contributed by atoms with Crippen LogP contribution in [-0.2, 0) is 5.60 Å². The summed E-state index contributed by atoms with van der Waals surface area (Å²) in [7, 11) is 0. The minimum Gasteiger partial charge on any atom is -0.385 e. The molecule has 1 fully saturated rings. The summed E-state index contributed by atoms with van der Waals surface area (Å²) in [6.07, 6.45) is 3.61. The van der Waals surface area contributed by atoms with Gasteiger partial charge in [0.1, 0.15) is 0 Å². The zero-order chi connectivity index (χ0) is 8.60. The first-order valence-electron chi connectivity index (χ1n) is 4.20. The van der Waals surface area contributed by atoms with E-state index in [1.165, 1.54) is 0 Å². The molecule has 2 rings (SSSR count). The van der Waals surface area contributed by atoms with Gasteiger partial charge in [-0.3, -0.25) is 0 Å². The molecular weight excluding hydrogens is 148 g/mol. The summed E-state index contributed by atoms with van der Waals surface area (Å²) in [5.74, 6) is 0. The molecule has 1 nitrogen and oxygen atoms in total. The van der Waals surface area contributed by atoms with Gasteiger partial charge in [0, 0.05) is 0 Å². The predicted molar refractivity (Wildman–Crippen MR) is 49.7 cm³/mol. The first-order chi connectivity index (χ1) is 5.74. The molecule has 0 saturated heterocycles. The fraction of sp³-hybridized carbons (Fsp3) is 0.273. The number of rotatable bonds is 2. The molecule has 1 aromatic carbocycles. The van der Waals surface area contributed by atoms with E-state index in [1.54, 1.807) is 6.08 Å². The van der Waals surface area contributed by atoms with Crippen LogP contribution in [0.3, 0.4) is 0 Å². The van der Waals surface area contributed by atoms with Crippen molar-refractivity contribution >= 4 is 6.08 Å².